The Balaban J connectivity index is 1.41. The summed E-state index contributed by atoms with van der Waals surface area (Å²) in [5.74, 6) is 2.55. The molecule has 3 aromatic heterocycles. The van der Waals surface area contributed by atoms with E-state index in [0.29, 0.717) is 5.92 Å². The first-order valence-corrected chi connectivity index (χ1v) is 13.3. The lowest BCUT2D eigenvalue weighted by Gasteiger charge is -2.25. The highest BCUT2D eigenvalue weighted by Gasteiger charge is 2.31. The largest absolute Gasteiger partial charge is 0.379 e. The van der Waals surface area contributed by atoms with Crippen LogP contribution in [0.5, 0.6) is 0 Å². The first-order valence-electron chi connectivity index (χ1n) is 11.6. The van der Waals surface area contributed by atoms with Crippen molar-refractivity contribution in [2.75, 3.05) is 26.3 Å². The van der Waals surface area contributed by atoms with Crippen molar-refractivity contribution in [3.63, 3.8) is 0 Å². The SMILES string of the molecule is C=CCn1c(Sc2nc(CN3CCOCC3)nc3sc4c(c23)CCCC4)nnc1C1CC1. The molecule has 0 aromatic carbocycles. The average Bonchev–Trinajstić information content (AvgIpc) is 3.47. The van der Waals surface area contributed by atoms with Gasteiger partial charge in [0.2, 0.25) is 0 Å². The minimum atomic E-state index is 0.549. The van der Waals surface area contributed by atoms with Crippen LogP contribution in [0.2, 0.25) is 0 Å². The van der Waals surface area contributed by atoms with E-state index in [1.807, 2.05) is 17.4 Å². The van der Waals surface area contributed by atoms with Crippen LogP contribution in [-0.2, 0) is 30.7 Å². The maximum atomic E-state index is 5.52. The fourth-order valence-electron chi connectivity index (χ4n) is 4.68. The van der Waals surface area contributed by atoms with E-state index in [0.717, 1.165) is 78.9 Å². The maximum Gasteiger partial charge on any atom is 0.197 e. The molecule has 1 saturated carbocycles. The second-order valence-electron chi connectivity index (χ2n) is 8.84. The van der Waals surface area contributed by atoms with Gasteiger partial charge in [-0.25, -0.2) is 9.97 Å². The lowest BCUT2D eigenvalue weighted by Crippen LogP contribution is -2.36. The summed E-state index contributed by atoms with van der Waals surface area (Å²) in [6, 6.07) is 0. The quantitative estimate of drug-likeness (QED) is 0.380. The number of fused-ring (bicyclic) bond motifs is 3. The van der Waals surface area contributed by atoms with Crippen LogP contribution in [0.4, 0.5) is 0 Å². The smallest absolute Gasteiger partial charge is 0.197 e. The Morgan fingerprint density at radius 1 is 1.12 bits per heavy atom. The molecule has 0 radical (unpaired) electrons. The van der Waals surface area contributed by atoms with Gasteiger partial charge >= 0.3 is 0 Å². The van der Waals surface area contributed by atoms with E-state index < -0.39 is 0 Å². The van der Waals surface area contributed by atoms with Gasteiger partial charge in [-0.15, -0.1) is 28.1 Å². The molecule has 3 aromatic rings. The number of aryl methyl sites for hydroxylation is 2. The highest BCUT2D eigenvalue weighted by Crippen LogP contribution is 2.43. The van der Waals surface area contributed by atoms with E-state index >= 15 is 0 Å². The maximum absolute atomic E-state index is 5.52. The molecule has 32 heavy (non-hydrogen) atoms. The van der Waals surface area contributed by atoms with E-state index in [9.17, 15) is 0 Å². The number of ether oxygens (including phenoxy) is 1. The number of hydrogen-bond donors (Lipinski definition) is 0. The molecule has 0 unspecified atom stereocenters. The summed E-state index contributed by atoms with van der Waals surface area (Å²) in [5.41, 5.74) is 1.47. The molecular formula is C23H28N6OS2. The zero-order chi connectivity index (χ0) is 21.5. The van der Waals surface area contributed by atoms with E-state index in [-0.39, 0.29) is 0 Å². The van der Waals surface area contributed by atoms with Crippen molar-refractivity contribution in [1.82, 2.24) is 29.6 Å². The summed E-state index contributed by atoms with van der Waals surface area (Å²) in [6.07, 6.45) is 9.16. The monoisotopic (exact) mass is 468 g/mol. The molecule has 0 bridgehead atoms. The Morgan fingerprint density at radius 2 is 1.97 bits per heavy atom. The Bertz CT molecular complexity index is 1150. The van der Waals surface area contributed by atoms with E-state index in [2.05, 4.69) is 26.2 Å². The molecule has 2 aliphatic carbocycles. The molecule has 0 spiro atoms. The summed E-state index contributed by atoms with van der Waals surface area (Å²) >= 11 is 3.53. The Hall–Kier alpha value is -1.81. The molecule has 168 valence electrons. The van der Waals surface area contributed by atoms with Gasteiger partial charge in [0.05, 0.1) is 19.8 Å². The van der Waals surface area contributed by atoms with Gasteiger partial charge in [-0.05, 0) is 55.9 Å². The molecule has 1 aliphatic heterocycles. The molecule has 1 saturated heterocycles. The van der Waals surface area contributed by atoms with Gasteiger partial charge in [-0.3, -0.25) is 4.90 Å². The summed E-state index contributed by atoms with van der Waals surface area (Å²) < 4.78 is 7.74. The molecule has 0 N–H and O–H groups in total. The molecule has 7 nitrogen and oxygen atoms in total. The molecular weight excluding hydrogens is 440 g/mol. The molecule has 0 atom stereocenters. The number of aromatic nitrogens is 5. The minimum absolute atomic E-state index is 0.549. The lowest BCUT2D eigenvalue weighted by molar-refractivity contribution is 0.0330. The van der Waals surface area contributed by atoms with Crippen LogP contribution in [-0.4, -0.2) is 55.9 Å². The van der Waals surface area contributed by atoms with Crippen molar-refractivity contribution in [3.05, 3.63) is 34.7 Å². The van der Waals surface area contributed by atoms with Crippen LogP contribution >= 0.6 is 23.1 Å². The summed E-state index contributed by atoms with van der Waals surface area (Å²) in [6.45, 7) is 8.89. The van der Waals surface area contributed by atoms with Crippen LogP contribution < -0.4 is 0 Å². The lowest BCUT2D eigenvalue weighted by atomic mass is 9.97. The number of rotatable bonds is 7. The van der Waals surface area contributed by atoms with Crippen molar-refractivity contribution < 1.29 is 4.74 Å². The Labute approximate surface area is 196 Å². The van der Waals surface area contributed by atoms with E-state index in [1.165, 1.54) is 41.5 Å². The van der Waals surface area contributed by atoms with Gasteiger partial charge in [0.15, 0.2) is 5.16 Å². The predicted molar refractivity (Wildman–Crippen MR) is 126 cm³/mol. The Morgan fingerprint density at radius 3 is 2.78 bits per heavy atom. The van der Waals surface area contributed by atoms with Gasteiger partial charge in [0.1, 0.15) is 21.5 Å². The normalized spacial score (nSPS) is 19.4. The standard InChI is InChI=1S/C23H28N6OS2/c1-2-9-29-20(15-7-8-15)26-27-23(29)32-22-19-16-5-3-4-6-17(16)31-21(19)24-18(25-22)14-28-10-12-30-13-11-28/h2,15H,1,3-14H2. The predicted octanol–water partition coefficient (Wildman–Crippen LogP) is 4.21. The number of hydrogen-bond acceptors (Lipinski definition) is 8. The molecule has 3 aliphatic rings. The third-order valence-electron chi connectivity index (χ3n) is 6.48. The number of allylic oxidation sites excluding steroid dienone is 1. The van der Waals surface area contributed by atoms with Crippen molar-refractivity contribution >= 4 is 33.3 Å². The average molecular weight is 469 g/mol. The summed E-state index contributed by atoms with van der Waals surface area (Å²) in [5, 5.41) is 12.3. The highest BCUT2D eigenvalue weighted by molar-refractivity contribution is 7.99. The van der Waals surface area contributed by atoms with Crippen molar-refractivity contribution in [1.29, 1.82) is 0 Å². The third-order valence-corrected chi connectivity index (χ3v) is 8.64. The van der Waals surface area contributed by atoms with Crippen LogP contribution in [0.3, 0.4) is 0 Å². The minimum Gasteiger partial charge on any atom is -0.379 e. The van der Waals surface area contributed by atoms with Gasteiger partial charge in [-0.1, -0.05) is 6.08 Å². The molecule has 9 heteroatoms. The number of nitrogens with zero attached hydrogens (tertiary/aromatic N) is 6. The fraction of sp³-hybridized carbons (Fsp3) is 0.565. The topological polar surface area (TPSA) is 69.0 Å². The molecule has 2 fully saturated rings. The molecule has 0 amide bonds. The zero-order valence-corrected chi connectivity index (χ0v) is 19.9. The first kappa shape index (κ1) is 20.8. The van der Waals surface area contributed by atoms with Crippen LogP contribution in [0.1, 0.15) is 53.7 Å². The van der Waals surface area contributed by atoms with Crippen LogP contribution in [0, 0.1) is 0 Å². The van der Waals surface area contributed by atoms with Gasteiger partial charge < -0.3 is 9.30 Å². The summed E-state index contributed by atoms with van der Waals surface area (Å²) in [4.78, 5) is 15.2. The molecule has 6 rings (SSSR count). The first-order chi connectivity index (χ1) is 15.8. The second-order valence-corrected chi connectivity index (χ2v) is 10.9. The molecule has 4 heterocycles. The van der Waals surface area contributed by atoms with Crippen molar-refractivity contribution in [2.24, 2.45) is 0 Å². The van der Waals surface area contributed by atoms with E-state index in [1.54, 1.807) is 11.8 Å². The summed E-state index contributed by atoms with van der Waals surface area (Å²) in [7, 11) is 0. The van der Waals surface area contributed by atoms with Crippen molar-refractivity contribution in [2.45, 2.75) is 67.7 Å². The highest BCUT2D eigenvalue weighted by atomic mass is 32.2. The number of thiophene rings is 1. The Kier molecular flexibility index (Phi) is 5.75. The fourth-order valence-corrected chi connectivity index (χ4v) is 7.03. The number of morpholine rings is 1. The van der Waals surface area contributed by atoms with Gasteiger partial charge in [0.25, 0.3) is 0 Å². The third kappa shape index (κ3) is 4.00. The zero-order valence-electron chi connectivity index (χ0n) is 18.3. The van der Waals surface area contributed by atoms with Crippen LogP contribution in [0.15, 0.2) is 22.8 Å². The van der Waals surface area contributed by atoms with E-state index in [4.69, 9.17) is 14.7 Å². The van der Waals surface area contributed by atoms with Gasteiger partial charge in [-0.2, -0.15) is 0 Å². The van der Waals surface area contributed by atoms with Crippen LogP contribution in [0.25, 0.3) is 10.2 Å². The van der Waals surface area contributed by atoms with Crippen molar-refractivity contribution in [3.8, 4) is 0 Å². The van der Waals surface area contributed by atoms with Gasteiger partial charge in [0, 0.05) is 35.8 Å². The second kappa shape index (κ2) is 8.85.